The van der Waals surface area contributed by atoms with Crippen LogP contribution in [0.2, 0.25) is 0 Å². The lowest BCUT2D eigenvalue weighted by Gasteiger charge is -2.08. The van der Waals surface area contributed by atoms with Crippen molar-refractivity contribution in [3.05, 3.63) is 35.4 Å². The average Bonchev–Trinajstić information content (AvgIpc) is 2.36. The van der Waals surface area contributed by atoms with Crippen molar-refractivity contribution >= 4 is 29.2 Å². The van der Waals surface area contributed by atoms with E-state index >= 15 is 0 Å². The Balaban J connectivity index is 2.46. The first-order chi connectivity index (χ1) is 8.52. The molecule has 0 aliphatic carbocycles. The summed E-state index contributed by atoms with van der Waals surface area (Å²) in [7, 11) is 0. The molecule has 3 N–H and O–H groups in total. The predicted octanol–water partition coefficient (Wildman–Crippen LogP) is 1.29. The molecule has 0 atom stereocenters. The fraction of sp³-hybridized carbons (Fsp3) is 0.250. The van der Waals surface area contributed by atoms with Crippen LogP contribution in [0.25, 0.3) is 0 Å². The summed E-state index contributed by atoms with van der Waals surface area (Å²) < 4.78 is 0. The zero-order chi connectivity index (χ0) is 13.5. The van der Waals surface area contributed by atoms with E-state index in [1.807, 2.05) is 0 Å². The second-order valence-electron chi connectivity index (χ2n) is 3.59. The third-order valence-electron chi connectivity index (χ3n) is 2.23. The maximum atomic E-state index is 11.0. The lowest BCUT2D eigenvalue weighted by atomic mass is 10.1. The summed E-state index contributed by atoms with van der Waals surface area (Å²) in [4.78, 5) is 21.7. The Hall–Kier alpha value is -1.95. The van der Waals surface area contributed by atoms with Crippen molar-refractivity contribution in [3.8, 4) is 0 Å². The van der Waals surface area contributed by atoms with Gasteiger partial charge < -0.3 is 15.7 Å². The van der Waals surface area contributed by atoms with Crippen LogP contribution in [-0.2, 0) is 11.3 Å². The topological polar surface area (TPSA) is 78.4 Å². The summed E-state index contributed by atoms with van der Waals surface area (Å²) in [6.07, 6.45) is 0.370. The van der Waals surface area contributed by atoms with Gasteiger partial charge >= 0.3 is 5.97 Å². The summed E-state index contributed by atoms with van der Waals surface area (Å²) in [5.41, 5.74) is 1.12. The molecule has 1 aromatic carbocycles. The molecule has 0 bridgehead atoms. The highest BCUT2D eigenvalue weighted by molar-refractivity contribution is 7.80. The number of hydrogen-bond acceptors (Lipinski definition) is 3. The maximum Gasteiger partial charge on any atom is 0.335 e. The molecule has 0 saturated carbocycles. The number of rotatable bonds is 4. The van der Waals surface area contributed by atoms with Crippen molar-refractivity contribution in [2.75, 3.05) is 0 Å². The van der Waals surface area contributed by atoms with Crippen LogP contribution < -0.4 is 10.6 Å². The number of carboxylic acid groups (broad SMARTS) is 1. The zero-order valence-electron chi connectivity index (χ0n) is 9.90. The van der Waals surface area contributed by atoms with Crippen LogP contribution >= 0.6 is 12.2 Å². The number of carbonyl (C=O) groups excluding carboxylic acids is 1. The molecule has 0 fully saturated rings. The third-order valence-corrected chi connectivity index (χ3v) is 2.47. The molecule has 1 amide bonds. The lowest BCUT2D eigenvalue weighted by molar-refractivity contribution is -0.119. The molecule has 18 heavy (non-hydrogen) atoms. The van der Waals surface area contributed by atoms with E-state index in [1.54, 1.807) is 19.1 Å². The molecule has 0 saturated heterocycles. The molecule has 0 heterocycles. The molecular weight excluding hydrogens is 252 g/mol. The van der Waals surface area contributed by atoms with Gasteiger partial charge in [0.1, 0.15) is 0 Å². The van der Waals surface area contributed by atoms with Crippen LogP contribution in [0.15, 0.2) is 24.3 Å². The molecule has 5 nitrogen and oxygen atoms in total. The molecule has 0 aliphatic heterocycles. The number of aromatic carboxylic acids is 1. The molecular formula is C12H14N2O3S. The van der Waals surface area contributed by atoms with Gasteiger partial charge in [0.05, 0.1) is 5.56 Å². The molecule has 0 unspecified atom stereocenters. The Labute approximate surface area is 110 Å². The predicted molar refractivity (Wildman–Crippen MR) is 71.3 cm³/mol. The second-order valence-corrected chi connectivity index (χ2v) is 3.99. The Morgan fingerprint density at radius 3 is 2.39 bits per heavy atom. The number of amides is 1. The quantitative estimate of drug-likeness (QED) is 0.716. The monoisotopic (exact) mass is 266 g/mol. The summed E-state index contributed by atoms with van der Waals surface area (Å²) in [6.45, 7) is 2.17. The van der Waals surface area contributed by atoms with Crippen molar-refractivity contribution in [3.63, 3.8) is 0 Å². The van der Waals surface area contributed by atoms with Gasteiger partial charge in [0, 0.05) is 13.0 Å². The number of thiocarbonyl (C=S) groups is 1. The highest BCUT2D eigenvalue weighted by Gasteiger charge is 2.03. The van der Waals surface area contributed by atoms with E-state index < -0.39 is 5.97 Å². The molecule has 6 heteroatoms. The van der Waals surface area contributed by atoms with Gasteiger partial charge in [-0.15, -0.1) is 0 Å². The van der Waals surface area contributed by atoms with Crippen molar-refractivity contribution in [2.24, 2.45) is 0 Å². The first-order valence-electron chi connectivity index (χ1n) is 5.43. The van der Waals surface area contributed by atoms with Crippen molar-refractivity contribution in [1.29, 1.82) is 0 Å². The number of hydrogen-bond donors (Lipinski definition) is 3. The third kappa shape index (κ3) is 4.50. The summed E-state index contributed by atoms with van der Waals surface area (Å²) in [6, 6.07) is 6.43. The molecule has 0 spiro atoms. The molecule has 0 aromatic heterocycles. The minimum atomic E-state index is -0.958. The number of nitrogens with one attached hydrogen (secondary N) is 2. The van der Waals surface area contributed by atoms with E-state index in [4.69, 9.17) is 17.3 Å². The number of benzene rings is 1. The number of carboxylic acids is 1. The van der Waals surface area contributed by atoms with Crippen LogP contribution in [0.3, 0.4) is 0 Å². The van der Waals surface area contributed by atoms with E-state index in [0.717, 1.165) is 5.56 Å². The fourth-order valence-electron chi connectivity index (χ4n) is 1.21. The van der Waals surface area contributed by atoms with Gasteiger partial charge in [0.15, 0.2) is 5.11 Å². The van der Waals surface area contributed by atoms with Crippen molar-refractivity contribution in [2.45, 2.75) is 19.9 Å². The summed E-state index contributed by atoms with van der Waals surface area (Å²) in [5.74, 6) is -1.10. The maximum absolute atomic E-state index is 11.0. The lowest BCUT2D eigenvalue weighted by Crippen LogP contribution is -2.38. The summed E-state index contributed by atoms with van der Waals surface area (Å²) >= 11 is 4.93. The van der Waals surface area contributed by atoms with Crippen molar-refractivity contribution < 1.29 is 14.7 Å². The van der Waals surface area contributed by atoms with Gasteiger partial charge in [0.2, 0.25) is 5.91 Å². The van der Waals surface area contributed by atoms with E-state index in [9.17, 15) is 9.59 Å². The van der Waals surface area contributed by atoms with Crippen LogP contribution in [0.5, 0.6) is 0 Å². The van der Waals surface area contributed by atoms with Crippen LogP contribution in [0.1, 0.15) is 29.3 Å². The minimum absolute atomic E-state index is 0.145. The van der Waals surface area contributed by atoms with Gasteiger partial charge in [-0.3, -0.25) is 4.79 Å². The normalized spacial score (nSPS) is 9.61. The standard InChI is InChI=1S/C12H14N2O3S/c1-2-10(15)14-12(18)13-7-8-3-5-9(6-4-8)11(16)17/h3-6H,2,7H2,1H3,(H,16,17)(H2,13,14,15,18). The highest BCUT2D eigenvalue weighted by Crippen LogP contribution is 2.04. The van der Waals surface area contributed by atoms with Gasteiger partial charge in [-0.2, -0.15) is 0 Å². The SMILES string of the molecule is CCC(=O)NC(=S)NCc1ccc(C(=O)O)cc1. The van der Waals surface area contributed by atoms with E-state index in [1.165, 1.54) is 12.1 Å². The van der Waals surface area contributed by atoms with Gasteiger partial charge in [-0.1, -0.05) is 19.1 Å². The van der Waals surface area contributed by atoms with Gasteiger partial charge in [0.25, 0.3) is 0 Å². The van der Waals surface area contributed by atoms with Crippen LogP contribution in [0.4, 0.5) is 0 Å². The zero-order valence-corrected chi connectivity index (χ0v) is 10.7. The smallest absolute Gasteiger partial charge is 0.335 e. The Morgan fingerprint density at radius 1 is 1.28 bits per heavy atom. The second kappa shape index (κ2) is 6.70. The molecule has 1 rings (SSSR count). The molecule has 1 aromatic rings. The highest BCUT2D eigenvalue weighted by atomic mass is 32.1. The first-order valence-corrected chi connectivity index (χ1v) is 5.83. The van der Waals surface area contributed by atoms with Gasteiger partial charge in [-0.05, 0) is 29.9 Å². The fourth-order valence-corrected chi connectivity index (χ4v) is 1.39. The minimum Gasteiger partial charge on any atom is -0.478 e. The Kier molecular flexibility index (Phi) is 5.26. The molecule has 0 radical (unpaired) electrons. The van der Waals surface area contributed by atoms with Gasteiger partial charge in [-0.25, -0.2) is 4.79 Å². The van der Waals surface area contributed by atoms with Crippen LogP contribution in [-0.4, -0.2) is 22.1 Å². The summed E-state index contributed by atoms with van der Waals surface area (Å²) in [5, 5.41) is 14.4. The van der Waals surface area contributed by atoms with Crippen LogP contribution in [0, 0.1) is 0 Å². The Bertz CT molecular complexity index is 457. The average molecular weight is 266 g/mol. The van der Waals surface area contributed by atoms with E-state index in [-0.39, 0.29) is 16.6 Å². The first kappa shape index (κ1) is 14.1. The largest absolute Gasteiger partial charge is 0.478 e. The van der Waals surface area contributed by atoms with E-state index in [2.05, 4.69) is 10.6 Å². The van der Waals surface area contributed by atoms with Crippen molar-refractivity contribution in [1.82, 2.24) is 10.6 Å². The van der Waals surface area contributed by atoms with E-state index in [0.29, 0.717) is 13.0 Å². The number of carbonyl (C=O) groups is 2. The molecule has 96 valence electrons. The molecule has 0 aliphatic rings. The Morgan fingerprint density at radius 2 is 1.89 bits per heavy atom.